The second-order valence-electron chi connectivity index (χ2n) is 3.49. The molecule has 1 heterocycles. The first kappa shape index (κ1) is 8.22. The summed E-state index contributed by atoms with van der Waals surface area (Å²) in [7, 11) is 0. The summed E-state index contributed by atoms with van der Waals surface area (Å²) in [5.41, 5.74) is 4.56. The van der Waals surface area contributed by atoms with E-state index in [1.165, 1.54) is 16.7 Å². The molecule has 1 nitrogen and oxygen atoms in total. The van der Waals surface area contributed by atoms with E-state index in [9.17, 15) is 0 Å². The van der Waals surface area contributed by atoms with Gasteiger partial charge in [-0.1, -0.05) is 42.5 Å². The van der Waals surface area contributed by atoms with Gasteiger partial charge in [-0.2, -0.15) is 0 Å². The molecule has 0 aromatic heterocycles. The molecule has 0 aliphatic carbocycles. The van der Waals surface area contributed by atoms with E-state index in [0.717, 1.165) is 5.69 Å². The van der Waals surface area contributed by atoms with Gasteiger partial charge in [0.2, 0.25) is 0 Å². The van der Waals surface area contributed by atoms with Crippen LogP contribution in [0.25, 0.3) is 17.2 Å². The molecule has 0 saturated carbocycles. The van der Waals surface area contributed by atoms with Crippen LogP contribution in [0.3, 0.4) is 0 Å². The van der Waals surface area contributed by atoms with E-state index < -0.39 is 0 Å². The molecule has 0 bridgehead atoms. The van der Waals surface area contributed by atoms with E-state index in [1.54, 1.807) is 0 Å². The predicted molar refractivity (Wildman–Crippen MR) is 63.4 cm³/mol. The SMILES string of the molecule is C1=Cc2ccccc2-c2ccccc2N=1. The second kappa shape index (κ2) is 3.23. The minimum atomic E-state index is 0.985. The van der Waals surface area contributed by atoms with Crippen molar-refractivity contribution >= 4 is 17.6 Å². The maximum atomic E-state index is 4.30. The Kier molecular flexibility index (Phi) is 1.77. The van der Waals surface area contributed by atoms with E-state index in [-0.39, 0.29) is 0 Å². The fourth-order valence-corrected chi connectivity index (χ4v) is 1.84. The van der Waals surface area contributed by atoms with Crippen LogP contribution in [0.1, 0.15) is 5.56 Å². The molecular formula is C14H9N. The largest absolute Gasteiger partial charge is 0.206 e. The molecule has 2 aromatic carbocycles. The van der Waals surface area contributed by atoms with E-state index in [2.05, 4.69) is 35.1 Å². The third-order valence-corrected chi connectivity index (χ3v) is 2.56. The van der Waals surface area contributed by atoms with Crippen LogP contribution in [0.2, 0.25) is 0 Å². The van der Waals surface area contributed by atoms with Gasteiger partial charge in [0.15, 0.2) is 0 Å². The molecule has 0 N–H and O–H groups in total. The lowest BCUT2D eigenvalue weighted by Crippen LogP contribution is -1.81. The van der Waals surface area contributed by atoms with Crippen LogP contribution < -0.4 is 0 Å². The number of hydrogen-bond acceptors (Lipinski definition) is 1. The van der Waals surface area contributed by atoms with Crippen molar-refractivity contribution in [1.29, 1.82) is 0 Å². The molecule has 0 radical (unpaired) electrons. The number of fused-ring (bicyclic) bond motifs is 3. The highest BCUT2D eigenvalue weighted by Crippen LogP contribution is 2.33. The van der Waals surface area contributed by atoms with Crippen LogP contribution in [0.4, 0.5) is 5.69 Å². The van der Waals surface area contributed by atoms with Crippen molar-refractivity contribution in [3.05, 3.63) is 54.1 Å². The van der Waals surface area contributed by atoms with E-state index in [4.69, 9.17) is 0 Å². The quantitative estimate of drug-likeness (QED) is 0.514. The van der Waals surface area contributed by atoms with E-state index in [1.807, 2.05) is 30.3 Å². The molecule has 0 saturated heterocycles. The fourth-order valence-electron chi connectivity index (χ4n) is 1.84. The zero-order valence-electron chi connectivity index (χ0n) is 8.14. The first-order valence-electron chi connectivity index (χ1n) is 4.93. The van der Waals surface area contributed by atoms with Gasteiger partial charge in [0, 0.05) is 11.6 Å². The summed E-state index contributed by atoms with van der Waals surface area (Å²) >= 11 is 0. The summed E-state index contributed by atoms with van der Waals surface area (Å²) in [6.07, 6.45) is 1.93. The minimum absolute atomic E-state index is 0.985. The molecule has 2 aromatic rings. The van der Waals surface area contributed by atoms with Gasteiger partial charge < -0.3 is 0 Å². The molecule has 0 atom stereocenters. The lowest BCUT2D eigenvalue weighted by atomic mass is 9.99. The normalized spacial score (nSPS) is 11.7. The number of hydrogen-bond donors (Lipinski definition) is 0. The van der Waals surface area contributed by atoms with Crippen LogP contribution in [-0.2, 0) is 0 Å². The number of benzene rings is 2. The molecule has 0 spiro atoms. The Morgan fingerprint density at radius 3 is 2.47 bits per heavy atom. The highest BCUT2D eigenvalue weighted by molar-refractivity contribution is 5.93. The van der Waals surface area contributed by atoms with E-state index >= 15 is 0 Å². The Morgan fingerprint density at radius 2 is 1.53 bits per heavy atom. The molecule has 1 heteroatoms. The monoisotopic (exact) mass is 191 g/mol. The van der Waals surface area contributed by atoms with Crippen molar-refractivity contribution < 1.29 is 0 Å². The summed E-state index contributed by atoms with van der Waals surface area (Å²) in [5.74, 6) is 2.96. The average Bonchev–Trinajstić information content (AvgIpc) is 2.48. The van der Waals surface area contributed by atoms with Crippen molar-refractivity contribution in [2.75, 3.05) is 0 Å². The molecule has 15 heavy (non-hydrogen) atoms. The molecule has 0 fully saturated rings. The predicted octanol–water partition coefficient (Wildman–Crippen LogP) is 3.68. The average molecular weight is 191 g/mol. The zero-order chi connectivity index (χ0) is 10.1. The van der Waals surface area contributed by atoms with Crippen LogP contribution in [0.15, 0.2) is 53.5 Å². The van der Waals surface area contributed by atoms with E-state index in [0.29, 0.717) is 0 Å². The highest BCUT2D eigenvalue weighted by Gasteiger charge is 2.08. The Morgan fingerprint density at radius 1 is 0.800 bits per heavy atom. The van der Waals surface area contributed by atoms with Gasteiger partial charge in [-0.05, 0) is 23.1 Å². The van der Waals surface area contributed by atoms with Gasteiger partial charge in [0.1, 0.15) is 0 Å². The summed E-state index contributed by atoms with van der Waals surface area (Å²) in [6.45, 7) is 0. The van der Waals surface area contributed by atoms with Gasteiger partial charge in [0.25, 0.3) is 0 Å². The summed E-state index contributed by atoms with van der Waals surface area (Å²) in [6, 6.07) is 16.4. The lowest BCUT2D eigenvalue weighted by Gasteiger charge is -2.06. The smallest absolute Gasteiger partial charge is 0.0808 e. The minimum Gasteiger partial charge on any atom is -0.206 e. The van der Waals surface area contributed by atoms with Gasteiger partial charge in [-0.15, -0.1) is 0 Å². The maximum Gasteiger partial charge on any atom is 0.0808 e. The molecule has 3 rings (SSSR count). The Balaban J connectivity index is 2.40. The molecule has 0 unspecified atom stereocenters. The molecule has 70 valence electrons. The van der Waals surface area contributed by atoms with Gasteiger partial charge >= 0.3 is 0 Å². The number of aliphatic imine (C=N–C) groups is 1. The van der Waals surface area contributed by atoms with Crippen molar-refractivity contribution in [3.63, 3.8) is 0 Å². The zero-order valence-corrected chi connectivity index (χ0v) is 8.14. The molecule has 1 aliphatic rings. The van der Waals surface area contributed by atoms with Crippen LogP contribution in [0, 0.1) is 0 Å². The number of para-hydroxylation sites is 1. The standard InChI is InChI=1S/C14H9N/c1-2-6-12-11(5-1)9-10-15-14-8-4-3-7-13(12)14/h1-9H. The van der Waals surface area contributed by atoms with Crippen molar-refractivity contribution in [1.82, 2.24) is 0 Å². The Hall–Kier alpha value is -2.11. The van der Waals surface area contributed by atoms with Crippen LogP contribution in [-0.4, -0.2) is 5.87 Å². The lowest BCUT2D eigenvalue weighted by molar-refractivity contribution is 1.53. The van der Waals surface area contributed by atoms with Crippen LogP contribution in [0.5, 0.6) is 0 Å². The topological polar surface area (TPSA) is 12.4 Å². The van der Waals surface area contributed by atoms with Gasteiger partial charge in [-0.25, -0.2) is 4.99 Å². The Labute approximate surface area is 88.4 Å². The second-order valence-corrected chi connectivity index (χ2v) is 3.49. The third kappa shape index (κ3) is 1.30. The highest BCUT2D eigenvalue weighted by atomic mass is 14.7. The molecule has 0 amide bonds. The first-order valence-corrected chi connectivity index (χ1v) is 4.93. The summed E-state index contributed by atoms with van der Waals surface area (Å²) < 4.78 is 0. The Bertz CT molecular complexity index is 526. The van der Waals surface area contributed by atoms with Crippen molar-refractivity contribution in [3.8, 4) is 11.1 Å². The third-order valence-electron chi connectivity index (χ3n) is 2.56. The van der Waals surface area contributed by atoms with Gasteiger partial charge in [0.05, 0.1) is 5.69 Å². The first-order chi connectivity index (χ1) is 7.45. The molecular weight excluding hydrogens is 182 g/mol. The van der Waals surface area contributed by atoms with Crippen molar-refractivity contribution in [2.45, 2.75) is 0 Å². The van der Waals surface area contributed by atoms with Gasteiger partial charge in [-0.3, -0.25) is 0 Å². The summed E-state index contributed by atoms with van der Waals surface area (Å²) in [5, 5.41) is 0. The summed E-state index contributed by atoms with van der Waals surface area (Å²) in [4.78, 5) is 4.30. The van der Waals surface area contributed by atoms with Crippen molar-refractivity contribution in [2.24, 2.45) is 4.99 Å². The fraction of sp³-hybridized carbons (Fsp3) is 0. The number of rotatable bonds is 0. The number of nitrogens with zero attached hydrogens (tertiary/aromatic N) is 1. The molecule has 1 aliphatic heterocycles. The maximum absolute atomic E-state index is 4.30. The van der Waals surface area contributed by atoms with Crippen LogP contribution >= 0.6 is 0 Å².